The molecule has 36 heavy (non-hydrogen) atoms. The van der Waals surface area contributed by atoms with Gasteiger partial charge in [-0.05, 0) is 51.2 Å². The quantitative estimate of drug-likeness (QED) is 0.541. The molecule has 13 heteroatoms. The minimum absolute atomic E-state index is 0.0702. The Morgan fingerprint density at radius 2 is 1.86 bits per heavy atom. The molecule has 1 spiro atoms. The molecule has 9 nitrogen and oxygen atoms in total. The highest BCUT2D eigenvalue weighted by atomic mass is 32.1. The monoisotopic (exact) mass is 525 g/mol. The molecule has 5 heterocycles. The number of halogens is 3. The van der Waals surface area contributed by atoms with Crippen LogP contribution < -0.4 is 0 Å². The summed E-state index contributed by atoms with van der Waals surface area (Å²) in [5, 5.41) is 18.3. The first-order chi connectivity index (χ1) is 16.9. The number of furan rings is 1. The molecule has 2 aliphatic rings. The highest BCUT2D eigenvalue weighted by Crippen LogP contribution is 2.40. The van der Waals surface area contributed by atoms with Gasteiger partial charge in [-0.15, -0.1) is 21.5 Å². The number of thiophene rings is 1. The van der Waals surface area contributed by atoms with Gasteiger partial charge >= 0.3 is 12.1 Å². The second-order valence-corrected chi connectivity index (χ2v) is 10.0. The predicted molar refractivity (Wildman–Crippen MR) is 125 cm³/mol. The molecule has 1 N–H and O–H groups in total. The molecule has 1 saturated heterocycles. The van der Waals surface area contributed by atoms with Crippen molar-refractivity contribution in [3.8, 4) is 10.7 Å². The number of alkyl halides is 3. The highest BCUT2D eigenvalue weighted by Gasteiger charge is 2.44. The Labute approximate surface area is 209 Å². The Morgan fingerprint density at radius 1 is 1.19 bits per heavy atom. The van der Waals surface area contributed by atoms with Crippen molar-refractivity contribution >= 4 is 23.2 Å². The molecule has 0 unspecified atom stereocenters. The number of amides is 1. The van der Waals surface area contributed by atoms with E-state index in [1.165, 1.54) is 0 Å². The Bertz CT molecular complexity index is 1240. The molecule has 1 amide bonds. The number of aliphatic carboxylic acids is 1. The third-order valence-corrected chi connectivity index (χ3v) is 7.28. The van der Waals surface area contributed by atoms with Crippen LogP contribution in [0.4, 0.5) is 13.2 Å². The number of likely N-dealkylation sites (N-methyl/N-ethyl adjacent to an activating group) is 1. The van der Waals surface area contributed by atoms with Gasteiger partial charge in [-0.25, -0.2) is 4.79 Å². The average molecular weight is 526 g/mol. The fourth-order valence-corrected chi connectivity index (χ4v) is 5.57. The number of carboxylic acid groups (broad SMARTS) is 1. The number of likely N-dealkylation sites (tertiary alicyclic amines) is 1. The zero-order chi connectivity index (χ0) is 26.3. The lowest BCUT2D eigenvalue weighted by Crippen LogP contribution is -2.56. The molecule has 1 fully saturated rings. The highest BCUT2D eigenvalue weighted by molar-refractivity contribution is 7.13. The number of carbonyl (C=O) groups is 2. The van der Waals surface area contributed by atoms with Gasteiger partial charge in [-0.3, -0.25) is 9.69 Å². The molecular formula is C23H26F3N5O4S. The molecule has 2 aliphatic heterocycles. The van der Waals surface area contributed by atoms with Crippen molar-refractivity contribution in [2.45, 2.75) is 44.9 Å². The molecule has 0 aliphatic carbocycles. The molecule has 194 valence electrons. The summed E-state index contributed by atoms with van der Waals surface area (Å²) < 4.78 is 39.7. The lowest BCUT2D eigenvalue weighted by Gasteiger charge is -2.48. The lowest BCUT2D eigenvalue weighted by molar-refractivity contribution is -0.192. The van der Waals surface area contributed by atoms with Crippen molar-refractivity contribution in [2.75, 3.05) is 26.7 Å². The van der Waals surface area contributed by atoms with Crippen molar-refractivity contribution in [1.82, 2.24) is 24.6 Å². The maximum absolute atomic E-state index is 13.0. The van der Waals surface area contributed by atoms with E-state index in [1.807, 2.05) is 24.8 Å². The summed E-state index contributed by atoms with van der Waals surface area (Å²) >= 11 is 1.70. The summed E-state index contributed by atoms with van der Waals surface area (Å²) in [6, 6.07) is 6.01. The normalized spacial score (nSPS) is 17.4. The number of aryl methyl sites for hydroxylation is 2. The fraction of sp³-hybridized carbons (Fsp3) is 0.478. The number of carboxylic acids is 1. The Balaban J connectivity index is 0.000000384. The van der Waals surface area contributed by atoms with E-state index in [0.717, 1.165) is 61.3 Å². The van der Waals surface area contributed by atoms with Gasteiger partial charge < -0.3 is 19.0 Å². The number of carbonyl (C=O) groups excluding carboxylic acids is 1. The minimum Gasteiger partial charge on any atom is -0.475 e. The van der Waals surface area contributed by atoms with E-state index in [2.05, 4.69) is 44.2 Å². The van der Waals surface area contributed by atoms with Crippen molar-refractivity contribution in [2.24, 2.45) is 0 Å². The van der Waals surface area contributed by atoms with E-state index in [1.54, 1.807) is 11.3 Å². The third-order valence-electron chi connectivity index (χ3n) is 6.42. The number of hydrogen-bond acceptors (Lipinski definition) is 7. The second-order valence-electron chi connectivity index (χ2n) is 9.07. The van der Waals surface area contributed by atoms with Gasteiger partial charge in [0.25, 0.3) is 5.91 Å². The van der Waals surface area contributed by atoms with E-state index >= 15 is 0 Å². The molecular weight excluding hydrogens is 499 g/mol. The number of rotatable bonds is 2. The van der Waals surface area contributed by atoms with Crippen LogP contribution in [-0.4, -0.2) is 74.4 Å². The van der Waals surface area contributed by atoms with Crippen LogP contribution in [-0.2, 0) is 16.9 Å². The first-order valence-corrected chi connectivity index (χ1v) is 12.1. The Kier molecular flexibility index (Phi) is 6.97. The fourth-order valence-electron chi connectivity index (χ4n) is 4.87. The van der Waals surface area contributed by atoms with Crippen LogP contribution in [0.5, 0.6) is 0 Å². The zero-order valence-electron chi connectivity index (χ0n) is 20.0. The maximum atomic E-state index is 13.0. The number of aromatic nitrogens is 3. The smallest absolute Gasteiger partial charge is 0.475 e. The van der Waals surface area contributed by atoms with Crippen LogP contribution in [0.25, 0.3) is 10.7 Å². The van der Waals surface area contributed by atoms with Crippen LogP contribution in [0.1, 0.15) is 40.5 Å². The predicted octanol–water partition coefficient (Wildman–Crippen LogP) is 3.93. The van der Waals surface area contributed by atoms with E-state index in [-0.39, 0.29) is 11.4 Å². The molecule has 3 aromatic heterocycles. The van der Waals surface area contributed by atoms with Gasteiger partial charge in [0.15, 0.2) is 5.82 Å². The Hall–Kier alpha value is -3.19. The largest absolute Gasteiger partial charge is 0.490 e. The molecule has 3 aromatic rings. The van der Waals surface area contributed by atoms with Crippen molar-refractivity contribution < 1.29 is 32.3 Å². The van der Waals surface area contributed by atoms with Gasteiger partial charge in [-0.1, -0.05) is 6.07 Å². The van der Waals surface area contributed by atoms with Crippen LogP contribution in [0.15, 0.2) is 28.0 Å². The molecule has 0 radical (unpaired) electrons. The number of fused-ring (bicyclic) bond motifs is 2. The number of nitrogens with zero attached hydrogens (tertiary/aromatic N) is 5. The number of hydrogen-bond donors (Lipinski definition) is 1. The standard InChI is InChI=1S/C21H25N5O2S.C2HF3O2/c1-14-11-16(15(2)28-14)20(27)25-8-6-21(7-9-25)13-24(3)12-18-22-23-19(26(18)21)17-5-4-10-29-17;3-2(4,5)1(6)7/h4-5,10-11H,6-9,12-13H2,1-3H3;(H,6,7). The zero-order valence-corrected chi connectivity index (χ0v) is 20.8. The van der Waals surface area contributed by atoms with Gasteiger partial charge in [0, 0.05) is 19.6 Å². The lowest BCUT2D eigenvalue weighted by atomic mass is 9.84. The molecule has 0 saturated carbocycles. The van der Waals surface area contributed by atoms with Crippen LogP contribution in [0, 0.1) is 13.8 Å². The van der Waals surface area contributed by atoms with Gasteiger partial charge in [0.1, 0.15) is 17.3 Å². The van der Waals surface area contributed by atoms with Crippen molar-refractivity contribution in [3.05, 3.63) is 46.5 Å². The molecule has 0 bridgehead atoms. The first kappa shape index (κ1) is 25.9. The molecule has 0 atom stereocenters. The van der Waals surface area contributed by atoms with Gasteiger partial charge in [0.2, 0.25) is 0 Å². The summed E-state index contributed by atoms with van der Waals surface area (Å²) in [6.07, 6.45) is -3.30. The van der Waals surface area contributed by atoms with Crippen LogP contribution in [0.3, 0.4) is 0 Å². The van der Waals surface area contributed by atoms with E-state index in [4.69, 9.17) is 14.3 Å². The average Bonchev–Trinajstić information content (AvgIpc) is 3.53. The second kappa shape index (κ2) is 9.69. The SMILES string of the molecule is Cc1cc(C(=O)N2CCC3(CC2)CN(C)Cc2nnc(-c4cccs4)n23)c(C)o1.O=C(O)C(F)(F)F. The van der Waals surface area contributed by atoms with Gasteiger partial charge in [-0.2, -0.15) is 13.2 Å². The van der Waals surface area contributed by atoms with Gasteiger partial charge in [0.05, 0.1) is 22.5 Å². The first-order valence-electron chi connectivity index (χ1n) is 11.2. The molecule has 5 rings (SSSR count). The summed E-state index contributed by atoms with van der Waals surface area (Å²) in [4.78, 5) is 27.4. The summed E-state index contributed by atoms with van der Waals surface area (Å²) in [5.41, 5.74) is 0.604. The number of piperidine rings is 1. The maximum Gasteiger partial charge on any atom is 0.490 e. The Morgan fingerprint density at radius 3 is 2.39 bits per heavy atom. The van der Waals surface area contributed by atoms with E-state index in [0.29, 0.717) is 11.3 Å². The topological polar surface area (TPSA) is 105 Å². The van der Waals surface area contributed by atoms with Crippen LogP contribution >= 0.6 is 11.3 Å². The minimum atomic E-state index is -5.08. The summed E-state index contributed by atoms with van der Waals surface area (Å²) in [7, 11) is 2.14. The van der Waals surface area contributed by atoms with Crippen LogP contribution in [0.2, 0.25) is 0 Å². The summed E-state index contributed by atoms with van der Waals surface area (Å²) in [5.74, 6) is 0.773. The van der Waals surface area contributed by atoms with E-state index in [9.17, 15) is 18.0 Å². The van der Waals surface area contributed by atoms with E-state index < -0.39 is 12.1 Å². The summed E-state index contributed by atoms with van der Waals surface area (Å²) in [6.45, 7) is 6.93. The van der Waals surface area contributed by atoms with Crippen molar-refractivity contribution in [1.29, 1.82) is 0 Å². The third kappa shape index (κ3) is 5.03. The van der Waals surface area contributed by atoms with Crippen molar-refractivity contribution in [3.63, 3.8) is 0 Å². The molecule has 0 aromatic carbocycles.